The number of ether oxygens (including phenoxy) is 2. The molecule has 1 fully saturated rings. The van der Waals surface area contributed by atoms with Crippen molar-refractivity contribution in [3.05, 3.63) is 47.5 Å². The SMILES string of the molecule is COc1ccc(CNCCC2CCC(CNc3nc(N(C)C)c4ccccc4n3)CC2)c(OC)c1C. The number of para-hydroxylation sites is 1. The van der Waals surface area contributed by atoms with Crippen molar-refractivity contribution in [3.63, 3.8) is 0 Å². The summed E-state index contributed by atoms with van der Waals surface area (Å²) in [6.07, 6.45) is 6.33. The van der Waals surface area contributed by atoms with Crippen LogP contribution in [0.15, 0.2) is 36.4 Å². The molecule has 36 heavy (non-hydrogen) atoms. The fraction of sp³-hybridized carbons (Fsp3) is 0.517. The summed E-state index contributed by atoms with van der Waals surface area (Å²) < 4.78 is 11.1. The summed E-state index contributed by atoms with van der Waals surface area (Å²) in [5.41, 5.74) is 3.22. The zero-order valence-electron chi connectivity index (χ0n) is 22.4. The summed E-state index contributed by atoms with van der Waals surface area (Å²) in [5.74, 6) is 4.95. The van der Waals surface area contributed by atoms with Crippen molar-refractivity contribution in [2.75, 3.05) is 51.6 Å². The third-order valence-electron chi connectivity index (χ3n) is 7.43. The standard InChI is InChI=1S/C29H41N5O2/c1-20-26(35-4)15-14-23(27(20)36-5)19-30-17-16-21-10-12-22(13-11-21)18-31-29-32-25-9-7-6-8-24(25)28(33-29)34(2)3/h6-9,14-15,21-22,30H,10-13,16-19H2,1-5H3,(H,31,32,33). The van der Waals surface area contributed by atoms with Gasteiger partial charge in [0.15, 0.2) is 0 Å². The monoisotopic (exact) mass is 491 g/mol. The molecule has 1 heterocycles. The first-order valence-electron chi connectivity index (χ1n) is 13.1. The second-order valence-corrected chi connectivity index (χ2v) is 10.1. The van der Waals surface area contributed by atoms with E-state index in [1.807, 2.05) is 39.2 Å². The molecule has 0 aliphatic heterocycles. The Hall–Kier alpha value is -3.06. The fourth-order valence-corrected chi connectivity index (χ4v) is 5.34. The lowest BCUT2D eigenvalue weighted by Crippen LogP contribution is -2.25. The quantitative estimate of drug-likeness (QED) is 0.347. The van der Waals surface area contributed by atoms with Gasteiger partial charge in [0, 0.05) is 43.7 Å². The van der Waals surface area contributed by atoms with Crippen molar-refractivity contribution >= 4 is 22.7 Å². The third-order valence-corrected chi connectivity index (χ3v) is 7.43. The second-order valence-electron chi connectivity index (χ2n) is 10.1. The number of nitrogens with one attached hydrogen (secondary N) is 2. The predicted molar refractivity (Wildman–Crippen MR) is 148 cm³/mol. The molecule has 0 saturated heterocycles. The normalized spacial score (nSPS) is 17.7. The molecule has 1 aliphatic rings. The molecule has 1 saturated carbocycles. The molecular formula is C29H41N5O2. The fourth-order valence-electron chi connectivity index (χ4n) is 5.34. The maximum atomic E-state index is 5.63. The van der Waals surface area contributed by atoms with Crippen LogP contribution in [-0.2, 0) is 6.54 Å². The summed E-state index contributed by atoms with van der Waals surface area (Å²) in [4.78, 5) is 11.6. The Kier molecular flexibility index (Phi) is 8.86. The average molecular weight is 492 g/mol. The molecule has 3 aromatic rings. The van der Waals surface area contributed by atoms with Gasteiger partial charge in [-0.1, -0.05) is 31.0 Å². The number of benzene rings is 2. The molecule has 7 nitrogen and oxygen atoms in total. The topological polar surface area (TPSA) is 71.5 Å². The molecule has 2 N–H and O–H groups in total. The smallest absolute Gasteiger partial charge is 0.225 e. The van der Waals surface area contributed by atoms with E-state index in [0.29, 0.717) is 5.92 Å². The van der Waals surface area contributed by atoms with Gasteiger partial charge in [0.2, 0.25) is 5.95 Å². The van der Waals surface area contributed by atoms with Gasteiger partial charge in [0.1, 0.15) is 17.3 Å². The molecule has 0 atom stereocenters. The van der Waals surface area contributed by atoms with Gasteiger partial charge in [0.05, 0.1) is 19.7 Å². The summed E-state index contributed by atoms with van der Waals surface area (Å²) in [5, 5.41) is 8.24. The van der Waals surface area contributed by atoms with Crippen LogP contribution in [-0.4, -0.2) is 51.4 Å². The first kappa shape index (κ1) is 26.0. The number of hydrogen-bond acceptors (Lipinski definition) is 7. The molecule has 1 aliphatic carbocycles. The maximum Gasteiger partial charge on any atom is 0.225 e. The lowest BCUT2D eigenvalue weighted by molar-refractivity contribution is 0.269. The van der Waals surface area contributed by atoms with Crippen LogP contribution < -0.4 is 25.0 Å². The number of aromatic nitrogens is 2. The first-order chi connectivity index (χ1) is 17.5. The number of methoxy groups -OCH3 is 2. The number of anilines is 2. The highest BCUT2D eigenvalue weighted by Crippen LogP contribution is 2.32. The minimum Gasteiger partial charge on any atom is -0.496 e. The first-order valence-corrected chi connectivity index (χ1v) is 13.1. The van der Waals surface area contributed by atoms with Gasteiger partial charge >= 0.3 is 0 Å². The lowest BCUT2D eigenvalue weighted by atomic mass is 9.80. The predicted octanol–water partition coefficient (Wildman–Crippen LogP) is 5.42. The Morgan fingerprint density at radius 2 is 1.69 bits per heavy atom. The van der Waals surface area contributed by atoms with Gasteiger partial charge in [-0.2, -0.15) is 4.98 Å². The second kappa shape index (κ2) is 12.3. The Morgan fingerprint density at radius 3 is 2.42 bits per heavy atom. The minimum absolute atomic E-state index is 0.679. The number of nitrogens with zero attached hydrogens (tertiary/aromatic N) is 3. The van der Waals surface area contributed by atoms with E-state index in [-0.39, 0.29) is 0 Å². The highest BCUT2D eigenvalue weighted by molar-refractivity contribution is 5.90. The van der Waals surface area contributed by atoms with Crippen LogP contribution in [0.5, 0.6) is 11.5 Å². The van der Waals surface area contributed by atoms with E-state index >= 15 is 0 Å². The molecule has 4 rings (SSSR count). The highest BCUT2D eigenvalue weighted by atomic mass is 16.5. The number of fused-ring (bicyclic) bond motifs is 1. The molecule has 1 aromatic heterocycles. The Balaban J connectivity index is 1.20. The van der Waals surface area contributed by atoms with Crippen molar-refractivity contribution in [2.24, 2.45) is 11.8 Å². The van der Waals surface area contributed by atoms with Crippen molar-refractivity contribution in [1.29, 1.82) is 0 Å². The number of hydrogen-bond donors (Lipinski definition) is 2. The zero-order chi connectivity index (χ0) is 25.5. The van der Waals surface area contributed by atoms with E-state index in [1.54, 1.807) is 14.2 Å². The van der Waals surface area contributed by atoms with Crippen molar-refractivity contribution in [3.8, 4) is 11.5 Å². The Labute approximate surface area is 215 Å². The molecule has 2 aromatic carbocycles. The van der Waals surface area contributed by atoms with Crippen molar-refractivity contribution in [1.82, 2.24) is 15.3 Å². The van der Waals surface area contributed by atoms with Gasteiger partial charge in [-0.15, -0.1) is 0 Å². The van der Waals surface area contributed by atoms with E-state index in [9.17, 15) is 0 Å². The van der Waals surface area contributed by atoms with E-state index in [1.165, 1.54) is 37.7 Å². The van der Waals surface area contributed by atoms with Crippen molar-refractivity contribution < 1.29 is 9.47 Å². The molecule has 194 valence electrons. The molecule has 0 unspecified atom stereocenters. The lowest BCUT2D eigenvalue weighted by Gasteiger charge is -2.29. The summed E-state index contributed by atoms with van der Waals surface area (Å²) in [6, 6.07) is 12.3. The van der Waals surface area contributed by atoms with E-state index in [4.69, 9.17) is 19.4 Å². The minimum atomic E-state index is 0.679. The van der Waals surface area contributed by atoms with Crippen LogP contribution in [0.1, 0.15) is 43.2 Å². The average Bonchev–Trinajstić information content (AvgIpc) is 2.90. The summed E-state index contributed by atoms with van der Waals surface area (Å²) in [6.45, 7) is 4.82. The van der Waals surface area contributed by atoms with Crippen LogP contribution in [0, 0.1) is 18.8 Å². The van der Waals surface area contributed by atoms with Crippen LogP contribution in [0.2, 0.25) is 0 Å². The third kappa shape index (κ3) is 6.19. The molecule has 0 bridgehead atoms. The summed E-state index contributed by atoms with van der Waals surface area (Å²) in [7, 11) is 7.49. The zero-order valence-corrected chi connectivity index (χ0v) is 22.4. The van der Waals surface area contributed by atoms with Gasteiger partial charge in [-0.3, -0.25) is 0 Å². The van der Waals surface area contributed by atoms with E-state index < -0.39 is 0 Å². The largest absolute Gasteiger partial charge is 0.496 e. The molecule has 0 radical (unpaired) electrons. The van der Waals surface area contributed by atoms with Crippen LogP contribution in [0.25, 0.3) is 10.9 Å². The molecular weight excluding hydrogens is 450 g/mol. The maximum absolute atomic E-state index is 5.63. The van der Waals surface area contributed by atoms with Gasteiger partial charge in [0.25, 0.3) is 0 Å². The highest BCUT2D eigenvalue weighted by Gasteiger charge is 2.21. The van der Waals surface area contributed by atoms with Crippen LogP contribution in [0.3, 0.4) is 0 Å². The van der Waals surface area contributed by atoms with Gasteiger partial charge in [-0.25, -0.2) is 4.98 Å². The Morgan fingerprint density at radius 1 is 0.944 bits per heavy atom. The van der Waals surface area contributed by atoms with Crippen LogP contribution >= 0.6 is 0 Å². The van der Waals surface area contributed by atoms with Crippen molar-refractivity contribution in [2.45, 2.75) is 45.6 Å². The molecule has 0 spiro atoms. The number of rotatable bonds is 11. The summed E-state index contributed by atoms with van der Waals surface area (Å²) >= 11 is 0. The van der Waals surface area contributed by atoms with E-state index in [0.717, 1.165) is 65.3 Å². The van der Waals surface area contributed by atoms with Gasteiger partial charge in [-0.05, 0) is 62.8 Å². The van der Waals surface area contributed by atoms with Crippen LogP contribution in [0.4, 0.5) is 11.8 Å². The Bertz CT molecular complexity index is 1140. The van der Waals surface area contributed by atoms with Gasteiger partial charge < -0.3 is 25.0 Å². The molecule has 7 heteroatoms. The molecule has 0 amide bonds. The van der Waals surface area contributed by atoms with E-state index in [2.05, 4.69) is 33.7 Å².